The molecule has 1 aromatic carbocycles. The third-order valence-electron chi connectivity index (χ3n) is 3.30. The van der Waals surface area contributed by atoms with Crippen LogP contribution in [0.3, 0.4) is 0 Å². The summed E-state index contributed by atoms with van der Waals surface area (Å²) in [6.45, 7) is 3.18. The number of carbonyl (C=O) groups is 1. The maximum atomic E-state index is 14.6. The molecule has 1 amide bonds. The van der Waals surface area contributed by atoms with E-state index in [2.05, 4.69) is 20.5 Å². The molecule has 0 spiro atoms. The molecule has 124 valence electrons. The van der Waals surface area contributed by atoms with Crippen molar-refractivity contribution >= 4 is 34.1 Å². The molecule has 2 heterocycles. The number of hydrogen-bond acceptors (Lipinski definition) is 6. The van der Waals surface area contributed by atoms with E-state index in [1.807, 2.05) is 6.07 Å². The molecule has 0 saturated heterocycles. The average Bonchev–Trinajstić information content (AvgIpc) is 3.20. The Labute approximate surface area is 146 Å². The Hall–Kier alpha value is -2.26. The summed E-state index contributed by atoms with van der Waals surface area (Å²) in [7, 11) is 0. The van der Waals surface area contributed by atoms with E-state index in [4.69, 9.17) is 0 Å². The molecule has 0 saturated carbocycles. The number of rotatable bonds is 5. The number of carbonyl (C=O) groups excluding carboxylic acids is 1. The number of aromatic nitrogens is 4. The number of thioether (sulfide) groups is 1. The van der Waals surface area contributed by atoms with Gasteiger partial charge in [0.15, 0.2) is 4.34 Å². The minimum atomic E-state index is -0.262. The highest BCUT2D eigenvalue weighted by Gasteiger charge is 2.13. The zero-order valence-electron chi connectivity index (χ0n) is 13.0. The van der Waals surface area contributed by atoms with Crippen molar-refractivity contribution in [3.63, 3.8) is 0 Å². The SMILES string of the molecule is CC(=O)Nc1nnc(SCc2ccc(-n3ccnc3)c(F)c2C)s1. The lowest BCUT2D eigenvalue weighted by atomic mass is 10.1. The third-order valence-corrected chi connectivity index (χ3v) is 5.32. The summed E-state index contributed by atoms with van der Waals surface area (Å²) in [4.78, 5) is 14.9. The number of nitrogens with one attached hydrogen (secondary N) is 1. The summed E-state index contributed by atoms with van der Waals surface area (Å²) >= 11 is 2.75. The van der Waals surface area contributed by atoms with E-state index in [9.17, 15) is 9.18 Å². The summed E-state index contributed by atoms with van der Waals surface area (Å²) in [6, 6.07) is 3.64. The van der Waals surface area contributed by atoms with Gasteiger partial charge in [-0.25, -0.2) is 9.37 Å². The largest absolute Gasteiger partial charge is 0.303 e. The van der Waals surface area contributed by atoms with Crippen LogP contribution in [0.25, 0.3) is 5.69 Å². The maximum Gasteiger partial charge on any atom is 0.223 e. The molecule has 0 radical (unpaired) electrons. The summed E-state index contributed by atoms with van der Waals surface area (Å²) in [5, 5.41) is 10.9. The van der Waals surface area contributed by atoms with Crippen molar-refractivity contribution in [3.05, 3.63) is 47.8 Å². The number of anilines is 1. The zero-order chi connectivity index (χ0) is 17.1. The van der Waals surface area contributed by atoms with Crippen LogP contribution in [0, 0.1) is 12.7 Å². The topological polar surface area (TPSA) is 72.7 Å². The van der Waals surface area contributed by atoms with Crippen LogP contribution in [0.2, 0.25) is 0 Å². The number of benzene rings is 1. The standard InChI is InChI=1S/C15H14FN5OS2/c1-9-11(3-4-12(13(9)16)21-6-5-17-8-21)7-23-15-20-19-14(24-15)18-10(2)22/h3-6,8H,7H2,1-2H3,(H,18,19,22). The number of halogens is 1. The van der Waals surface area contributed by atoms with Gasteiger partial charge in [0, 0.05) is 25.1 Å². The predicted octanol–water partition coefficient (Wildman–Crippen LogP) is 3.42. The van der Waals surface area contributed by atoms with Gasteiger partial charge in [-0.15, -0.1) is 10.2 Å². The van der Waals surface area contributed by atoms with Gasteiger partial charge in [-0.1, -0.05) is 29.2 Å². The first-order chi connectivity index (χ1) is 11.5. The first-order valence-electron chi connectivity index (χ1n) is 7.05. The fourth-order valence-electron chi connectivity index (χ4n) is 2.08. The lowest BCUT2D eigenvalue weighted by molar-refractivity contribution is -0.114. The Morgan fingerprint density at radius 1 is 1.42 bits per heavy atom. The van der Waals surface area contributed by atoms with E-state index >= 15 is 0 Å². The fraction of sp³-hybridized carbons (Fsp3) is 0.200. The van der Waals surface area contributed by atoms with Gasteiger partial charge in [-0.2, -0.15) is 0 Å². The molecule has 1 N–H and O–H groups in total. The molecule has 6 nitrogen and oxygen atoms in total. The quantitative estimate of drug-likeness (QED) is 0.555. The molecule has 2 aromatic heterocycles. The van der Waals surface area contributed by atoms with Crippen molar-refractivity contribution < 1.29 is 9.18 Å². The van der Waals surface area contributed by atoms with Crippen molar-refractivity contribution in [2.24, 2.45) is 0 Å². The van der Waals surface area contributed by atoms with Crippen molar-refractivity contribution in [3.8, 4) is 5.69 Å². The number of imidazole rings is 1. The molecule has 24 heavy (non-hydrogen) atoms. The second kappa shape index (κ2) is 7.10. The van der Waals surface area contributed by atoms with Gasteiger partial charge >= 0.3 is 0 Å². The van der Waals surface area contributed by atoms with Gasteiger partial charge in [-0.05, 0) is 24.1 Å². The average molecular weight is 363 g/mol. The number of hydrogen-bond donors (Lipinski definition) is 1. The zero-order valence-corrected chi connectivity index (χ0v) is 14.6. The molecular formula is C15H14FN5OS2. The van der Waals surface area contributed by atoms with E-state index in [-0.39, 0.29) is 11.7 Å². The minimum absolute atomic E-state index is 0.185. The summed E-state index contributed by atoms with van der Waals surface area (Å²) in [6.07, 6.45) is 4.88. The van der Waals surface area contributed by atoms with E-state index in [0.29, 0.717) is 22.1 Å². The monoisotopic (exact) mass is 363 g/mol. The highest BCUT2D eigenvalue weighted by atomic mass is 32.2. The molecule has 0 atom stereocenters. The molecule has 0 fully saturated rings. The Morgan fingerprint density at radius 3 is 2.96 bits per heavy atom. The normalized spacial score (nSPS) is 10.8. The van der Waals surface area contributed by atoms with Gasteiger partial charge in [0.2, 0.25) is 11.0 Å². The fourth-order valence-corrected chi connectivity index (χ4v) is 3.94. The van der Waals surface area contributed by atoms with Crippen LogP contribution < -0.4 is 5.32 Å². The highest BCUT2D eigenvalue weighted by molar-refractivity contribution is 8.00. The summed E-state index contributed by atoms with van der Waals surface area (Å²) in [5.41, 5.74) is 1.96. The second-order valence-electron chi connectivity index (χ2n) is 5.00. The van der Waals surface area contributed by atoms with Gasteiger partial charge < -0.3 is 9.88 Å². The van der Waals surface area contributed by atoms with Crippen LogP contribution in [0.15, 0.2) is 35.2 Å². The van der Waals surface area contributed by atoms with Crippen LogP contribution in [0.4, 0.5) is 9.52 Å². The molecule has 3 rings (SSSR count). The van der Waals surface area contributed by atoms with E-state index in [0.717, 1.165) is 9.90 Å². The first-order valence-corrected chi connectivity index (χ1v) is 8.85. The smallest absolute Gasteiger partial charge is 0.223 e. The Balaban J connectivity index is 1.73. The first kappa shape index (κ1) is 16.6. The molecule has 0 unspecified atom stereocenters. The van der Waals surface area contributed by atoms with E-state index < -0.39 is 0 Å². The molecule has 0 aliphatic rings. The summed E-state index contributed by atoms with van der Waals surface area (Å²) < 4.78 is 16.9. The predicted molar refractivity (Wildman–Crippen MR) is 92.0 cm³/mol. The van der Waals surface area contributed by atoms with Gasteiger partial charge in [0.25, 0.3) is 0 Å². The lowest BCUT2D eigenvalue weighted by Gasteiger charge is -2.10. The minimum Gasteiger partial charge on any atom is -0.303 e. The van der Waals surface area contributed by atoms with Crippen molar-refractivity contribution in [2.45, 2.75) is 23.9 Å². The van der Waals surface area contributed by atoms with Crippen LogP contribution >= 0.6 is 23.1 Å². The lowest BCUT2D eigenvalue weighted by Crippen LogP contribution is -2.04. The summed E-state index contributed by atoms with van der Waals surface area (Å²) in [5.74, 6) is 0.125. The highest BCUT2D eigenvalue weighted by Crippen LogP contribution is 2.30. The van der Waals surface area contributed by atoms with Gasteiger partial charge in [0.1, 0.15) is 5.82 Å². The van der Waals surface area contributed by atoms with Crippen LogP contribution in [0.1, 0.15) is 18.1 Å². The molecule has 0 aliphatic heterocycles. The third kappa shape index (κ3) is 3.62. The molecular weight excluding hydrogens is 349 g/mol. The molecule has 0 bridgehead atoms. The van der Waals surface area contributed by atoms with Gasteiger partial charge in [0.05, 0.1) is 12.0 Å². The van der Waals surface area contributed by atoms with E-state index in [1.54, 1.807) is 36.3 Å². The van der Waals surface area contributed by atoms with Gasteiger partial charge in [-0.3, -0.25) is 4.79 Å². The van der Waals surface area contributed by atoms with Crippen molar-refractivity contribution in [1.82, 2.24) is 19.7 Å². The van der Waals surface area contributed by atoms with E-state index in [1.165, 1.54) is 30.0 Å². The molecule has 0 aliphatic carbocycles. The Kier molecular flexibility index (Phi) is 4.91. The van der Waals surface area contributed by atoms with Crippen molar-refractivity contribution in [2.75, 3.05) is 5.32 Å². The van der Waals surface area contributed by atoms with Crippen molar-refractivity contribution in [1.29, 1.82) is 0 Å². The number of amides is 1. The van der Waals surface area contributed by atoms with Crippen LogP contribution in [-0.2, 0) is 10.5 Å². The second-order valence-corrected chi connectivity index (χ2v) is 7.20. The molecule has 3 aromatic rings. The van der Waals surface area contributed by atoms with Crippen LogP contribution in [0.5, 0.6) is 0 Å². The Morgan fingerprint density at radius 2 is 2.25 bits per heavy atom. The van der Waals surface area contributed by atoms with Crippen LogP contribution in [-0.4, -0.2) is 25.7 Å². The Bertz CT molecular complexity index is 863. The molecule has 9 heteroatoms. The maximum absolute atomic E-state index is 14.6. The number of nitrogens with zero attached hydrogens (tertiary/aromatic N) is 4.